The molecule has 82 valence electrons. The summed E-state index contributed by atoms with van der Waals surface area (Å²) in [7, 11) is 2.11. The minimum Gasteiger partial charge on any atom is -0.308 e. The van der Waals surface area contributed by atoms with Crippen LogP contribution in [-0.2, 0) is 0 Å². The van der Waals surface area contributed by atoms with Gasteiger partial charge >= 0.3 is 0 Å². The molecule has 0 spiro atoms. The number of piperidine rings is 1. The summed E-state index contributed by atoms with van der Waals surface area (Å²) in [5.41, 5.74) is 0. The van der Waals surface area contributed by atoms with Gasteiger partial charge in [-0.15, -0.1) is 0 Å². The first kappa shape index (κ1) is 11.4. The van der Waals surface area contributed by atoms with Crippen molar-refractivity contribution in [2.45, 2.75) is 31.8 Å². The Balaban J connectivity index is 2.16. The van der Waals surface area contributed by atoms with Crippen molar-refractivity contribution in [2.24, 2.45) is 0 Å². The summed E-state index contributed by atoms with van der Waals surface area (Å²) in [6.45, 7) is 4.30. The lowest BCUT2D eigenvalue weighted by atomic mass is 10.1. The van der Waals surface area contributed by atoms with Gasteiger partial charge in [0.05, 0.1) is 6.54 Å². The predicted molar refractivity (Wildman–Crippen MR) is 55.0 cm³/mol. The Morgan fingerprint density at radius 2 is 2.14 bits per heavy atom. The third-order valence-electron chi connectivity index (χ3n) is 2.78. The van der Waals surface area contributed by atoms with Gasteiger partial charge in [-0.1, -0.05) is 0 Å². The third kappa shape index (κ3) is 3.59. The highest BCUT2D eigenvalue weighted by Gasteiger charge is 2.19. The Labute approximate surface area is 84.6 Å². The predicted octanol–water partition coefficient (Wildman–Crippen LogP) is 0.335. The van der Waals surface area contributed by atoms with Gasteiger partial charge in [0.15, 0.2) is 0 Å². The van der Waals surface area contributed by atoms with Gasteiger partial charge in [-0.3, -0.25) is 10.1 Å². The van der Waals surface area contributed by atoms with E-state index in [1.54, 1.807) is 6.92 Å². The van der Waals surface area contributed by atoms with E-state index >= 15 is 0 Å². The lowest BCUT2D eigenvalue weighted by Gasteiger charge is -2.29. The first-order valence-corrected chi connectivity index (χ1v) is 5.15. The van der Waals surface area contributed by atoms with Crippen molar-refractivity contribution < 1.29 is 4.92 Å². The molecule has 0 radical (unpaired) electrons. The van der Waals surface area contributed by atoms with Crippen molar-refractivity contribution in [1.29, 1.82) is 0 Å². The molecule has 5 heteroatoms. The molecule has 1 aliphatic heterocycles. The second kappa shape index (κ2) is 5.26. The van der Waals surface area contributed by atoms with Crippen LogP contribution in [0.4, 0.5) is 0 Å². The van der Waals surface area contributed by atoms with E-state index in [0.29, 0.717) is 12.6 Å². The van der Waals surface area contributed by atoms with Crippen molar-refractivity contribution in [3.63, 3.8) is 0 Å². The molecule has 14 heavy (non-hydrogen) atoms. The number of rotatable bonds is 4. The highest BCUT2D eigenvalue weighted by Crippen LogP contribution is 2.07. The molecule has 1 saturated heterocycles. The molecule has 1 rings (SSSR count). The molecule has 0 aromatic carbocycles. The monoisotopic (exact) mass is 201 g/mol. The van der Waals surface area contributed by atoms with Gasteiger partial charge in [0.1, 0.15) is 0 Å². The van der Waals surface area contributed by atoms with Crippen molar-refractivity contribution in [1.82, 2.24) is 10.2 Å². The Hall–Kier alpha value is -0.680. The van der Waals surface area contributed by atoms with Crippen LogP contribution in [0.5, 0.6) is 0 Å². The standard InChI is InChI=1S/C9H19N3O2/c1-8(12(13)14)7-10-9-3-5-11(2)6-4-9/h8-10H,3-7H2,1-2H3. The Kier molecular flexibility index (Phi) is 4.28. The van der Waals surface area contributed by atoms with Crippen LogP contribution in [0.2, 0.25) is 0 Å². The Morgan fingerprint density at radius 1 is 1.57 bits per heavy atom. The maximum Gasteiger partial charge on any atom is 0.222 e. The van der Waals surface area contributed by atoms with E-state index in [4.69, 9.17) is 0 Å². The number of nitro groups is 1. The number of nitrogens with zero attached hydrogens (tertiary/aromatic N) is 2. The van der Waals surface area contributed by atoms with E-state index in [2.05, 4.69) is 17.3 Å². The van der Waals surface area contributed by atoms with E-state index in [9.17, 15) is 10.1 Å². The van der Waals surface area contributed by atoms with Crippen molar-refractivity contribution in [3.05, 3.63) is 10.1 Å². The van der Waals surface area contributed by atoms with Crippen LogP contribution in [-0.4, -0.2) is 48.6 Å². The second-order valence-electron chi connectivity index (χ2n) is 4.12. The maximum absolute atomic E-state index is 10.4. The summed E-state index contributed by atoms with van der Waals surface area (Å²) < 4.78 is 0. The minimum atomic E-state index is -0.477. The minimum absolute atomic E-state index is 0.234. The van der Waals surface area contributed by atoms with Crippen LogP contribution >= 0.6 is 0 Å². The molecule has 0 amide bonds. The number of hydrogen-bond acceptors (Lipinski definition) is 4. The molecule has 1 N–H and O–H groups in total. The third-order valence-corrected chi connectivity index (χ3v) is 2.78. The topological polar surface area (TPSA) is 58.4 Å². The van der Waals surface area contributed by atoms with E-state index in [1.165, 1.54) is 0 Å². The molecule has 0 aromatic heterocycles. The molecule has 0 saturated carbocycles. The van der Waals surface area contributed by atoms with E-state index in [-0.39, 0.29) is 4.92 Å². The summed E-state index contributed by atoms with van der Waals surface area (Å²) in [6, 6.07) is -0.0109. The van der Waals surface area contributed by atoms with Crippen molar-refractivity contribution in [2.75, 3.05) is 26.7 Å². The van der Waals surface area contributed by atoms with Gasteiger partial charge in [0, 0.05) is 17.9 Å². The normalized spacial score (nSPS) is 22.1. The fourth-order valence-electron chi connectivity index (χ4n) is 1.62. The second-order valence-corrected chi connectivity index (χ2v) is 4.12. The lowest BCUT2D eigenvalue weighted by molar-refractivity contribution is -0.516. The average molecular weight is 201 g/mol. The van der Waals surface area contributed by atoms with Gasteiger partial charge in [-0.2, -0.15) is 0 Å². The molecule has 0 aliphatic carbocycles. The molecule has 1 fully saturated rings. The van der Waals surface area contributed by atoms with Crippen molar-refractivity contribution in [3.8, 4) is 0 Å². The quantitative estimate of drug-likeness (QED) is 0.526. The van der Waals surface area contributed by atoms with Crippen LogP contribution in [0, 0.1) is 10.1 Å². The van der Waals surface area contributed by atoms with E-state index in [0.717, 1.165) is 25.9 Å². The van der Waals surface area contributed by atoms with Crippen LogP contribution < -0.4 is 5.32 Å². The van der Waals surface area contributed by atoms with Gasteiger partial charge in [-0.25, -0.2) is 0 Å². The molecule has 1 unspecified atom stereocenters. The molecule has 0 aromatic rings. The van der Waals surface area contributed by atoms with E-state index < -0.39 is 6.04 Å². The first-order chi connectivity index (χ1) is 6.59. The Bertz CT molecular complexity index is 190. The van der Waals surface area contributed by atoms with Gasteiger partial charge in [-0.05, 0) is 33.0 Å². The number of likely N-dealkylation sites (tertiary alicyclic amines) is 1. The van der Waals surface area contributed by atoms with Crippen molar-refractivity contribution >= 4 is 0 Å². The maximum atomic E-state index is 10.4. The number of nitrogens with one attached hydrogen (secondary N) is 1. The lowest BCUT2D eigenvalue weighted by Crippen LogP contribution is -2.44. The molecule has 0 bridgehead atoms. The highest BCUT2D eigenvalue weighted by molar-refractivity contribution is 4.75. The summed E-state index contributed by atoms with van der Waals surface area (Å²) >= 11 is 0. The van der Waals surface area contributed by atoms with Crippen LogP contribution in [0.1, 0.15) is 19.8 Å². The zero-order valence-electron chi connectivity index (χ0n) is 8.90. The summed E-state index contributed by atoms with van der Waals surface area (Å²) in [4.78, 5) is 12.4. The first-order valence-electron chi connectivity index (χ1n) is 5.15. The van der Waals surface area contributed by atoms with Crippen LogP contribution in [0.25, 0.3) is 0 Å². The largest absolute Gasteiger partial charge is 0.308 e. The van der Waals surface area contributed by atoms with Crippen LogP contribution in [0.3, 0.4) is 0 Å². The molecule has 1 heterocycles. The average Bonchev–Trinajstić information content (AvgIpc) is 2.16. The van der Waals surface area contributed by atoms with Crippen LogP contribution in [0.15, 0.2) is 0 Å². The fraction of sp³-hybridized carbons (Fsp3) is 1.00. The SMILES string of the molecule is CC(CNC1CCN(C)CC1)[N+](=O)[O-]. The summed E-state index contributed by atoms with van der Waals surface area (Å²) in [5, 5.41) is 13.6. The zero-order chi connectivity index (χ0) is 10.6. The zero-order valence-corrected chi connectivity index (χ0v) is 8.90. The molecular weight excluding hydrogens is 182 g/mol. The van der Waals surface area contributed by atoms with Gasteiger partial charge in [0.2, 0.25) is 6.04 Å². The summed E-state index contributed by atoms with van der Waals surface area (Å²) in [5.74, 6) is 0. The highest BCUT2D eigenvalue weighted by atomic mass is 16.6. The number of hydrogen-bond donors (Lipinski definition) is 1. The molecular formula is C9H19N3O2. The fourth-order valence-corrected chi connectivity index (χ4v) is 1.62. The Morgan fingerprint density at radius 3 is 2.64 bits per heavy atom. The van der Waals surface area contributed by atoms with Gasteiger partial charge < -0.3 is 10.2 Å². The van der Waals surface area contributed by atoms with Gasteiger partial charge in [0.25, 0.3) is 0 Å². The smallest absolute Gasteiger partial charge is 0.222 e. The molecule has 5 nitrogen and oxygen atoms in total. The van der Waals surface area contributed by atoms with E-state index in [1.807, 2.05) is 0 Å². The molecule has 1 atom stereocenters. The summed E-state index contributed by atoms with van der Waals surface area (Å²) in [6.07, 6.45) is 2.20. The molecule has 1 aliphatic rings.